The lowest BCUT2D eigenvalue weighted by molar-refractivity contribution is 1.17. The van der Waals surface area contributed by atoms with E-state index in [4.69, 9.17) is 0 Å². The highest BCUT2D eigenvalue weighted by atomic mass is 32.1. The summed E-state index contributed by atoms with van der Waals surface area (Å²) in [5.74, 6) is 0. The van der Waals surface area contributed by atoms with E-state index in [2.05, 4.69) is 228 Å². The minimum atomic E-state index is 1.09. The van der Waals surface area contributed by atoms with Gasteiger partial charge >= 0.3 is 0 Å². The Balaban J connectivity index is 1.04. The third-order valence-corrected chi connectivity index (χ3v) is 13.1. The minimum Gasteiger partial charge on any atom is -0.310 e. The van der Waals surface area contributed by atoms with Gasteiger partial charge in [-0.1, -0.05) is 152 Å². The number of hydrogen-bond donors (Lipinski definition) is 0. The lowest BCUT2D eigenvalue weighted by Crippen LogP contribution is -2.10. The van der Waals surface area contributed by atoms with Crippen LogP contribution in [-0.4, -0.2) is 4.57 Å². The molecule has 0 aliphatic carbocycles. The fraction of sp³-hybridized carbons (Fsp3) is 0. The van der Waals surface area contributed by atoms with Gasteiger partial charge in [-0.05, 0) is 111 Å². The SMILES string of the molecule is c1cc(-c2cccc3c2ccc2ccccc23)cc(N(c2ccc(-c3cccc4sc5ccccc5c34)cc2)c2cccc(-n3c4ccccc4c4ccccc43)c2)c1. The summed E-state index contributed by atoms with van der Waals surface area (Å²) in [7, 11) is 0. The zero-order valence-corrected chi connectivity index (χ0v) is 32.9. The minimum absolute atomic E-state index is 1.09. The number of fused-ring (bicyclic) bond motifs is 9. The second-order valence-corrected chi connectivity index (χ2v) is 16.4. The highest BCUT2D eigenvalue weighted by Crippen LogP contribution is 2.43. The van der Waals surface area contributed by atoms with E-state index in [0.717, 1.165) is 22.7 Å². The second kappa shape index (κ2) is 13.6. The molecule has 0 aliphatic rings. The van der Waals surface area contributed by atoms with Crippen LogP contribution in [0.15, 0.2) is 218 Å². The Labute approximate surface area is 346 Å². The van der Waals surface area contributed by atoms with Gasteiger partial charge in [0.1, 0.15) is 0 Å². The predicted molar refractivity (Wildman–Crippen MR) is 254 cm³/mol. The molecule has 10 aromatic carbocycles. The third-order valence-electron chi connectivity index (χ3n) is 12.0. The molecule has 0 fully saturated rings. The fourth-order valence-corrected chi connectivity index (χ4v) is 10.5. The molecule has 0 aliphatic heterocycles. The summed E-state index contributed by atoms with van der Waals surface area (Å²) in [5.41, 5.74) is 11.7. The zero-order chi connectivity index (χ0) is 38.9. The van der Waals surface area contributed by atoms with Gasteiger partial charge in [0.2, 0.25) is 0 Å². The molecule has 12 rings (SSSR count). The molecule has 0 radical (unpaired) electrons. The largest absolute Gasteiger partial charge is 0.310 e. The average molecular weight is 769 g/mol. The monoisotopic (exact) mass is 768 g/mol. The molecule has 0 bridgehead atoms. The van der Waals surface area contributed by atoms with E-state index >= 15 is 0 Å². The lowest BCUT2D eigenvalue weighted by Gasteiger charge is -2.27. The number of hydrogen-bond acceptors (Lipinski definition) is 2. The Morgan fingerprint density at radius 2 is 0.949 bits per heavy atom. The van der Waals surface area contributed by atoms with Crippen molar-refractivity contribution in [3.63, 3.8) is 0 Å². The first-order chi connectivity index (χ1) is 29.3. The van der Waals surface area contributed by atoms with E-state index in [1.807, 2.05) is 11.3 Å². The van der Waals surface area contributed by atoms with Crippen molar-refractivity contribution in [1.29, 1.82) is 0 Å². The lowest BCUT2D eigenvalue weighted by atomic mass is 9.94. The van der Waals surface area contributed by atoms with Gasteiger partial charge in [-0.3, -0.25) is 0 Å². The number of aromatic nitrogens is 1. The standard InChI is InChI=1S/C56H36N2S/c1-2-18-44-37(13-1)31-34-48-45(22-11-24-47(44)48)39-14-9-15-41(35-39)57(40-32-29-38(30-33-40)46-23-12-28-55-56(46)51-21-5-8-27-54(51)59-55)42-16-10-17-43(36-42)58-52-25-6-3-19-49(52)50-20-4-7-26-53(50)58/h1-36H. The summed E-state index contributed by atoms with van der Waals surface area (Å²) in [6.07, 6.45) is 0. The van der Waals surface area contributed by atoms with Crippen LogP contribution in [0, 0.1) is 0 Å². The number of rotatable bonds is 6. The van der Waals surface area contributed by atoms with Gasteiger partial charge in [-0.25, -0.2) is 0 Å². The Morgan fingerprint density at radius 3 is 1.76 bits per heavy atom. The zero-order valence-electron chi connectivity index (χ0n) is 32.1. The van der Waals surface area contributed by atoms with E-state index in [-0.39, 0.29) is 0 Å². The molecular formula is C56H36N2S. The van der Waals surface area contributed by atoms with Crippen molar-refractivity contribution >= 4 is 91.9 Å². The third kappa shape index (κ3) is 5.47. The molecule has 2 aromatic heterocycles. The van der Waals surface area contributed by atoms with Gasteiger partial charge in [0.25, 0.3) is 0 Å². The van der Waals surface area contributed by atoms with Crippen molar-refractivity contribution in [3.05, 3.63) is 218 Å². The molecule has 0 unspecified atom stereocenters. The van der Waals surface area contributed by atoms with Gasteiger partial charge in [-0.15, -0.1) is 11.3 Å². The van der Waals surface area contributed by atoms with Crippen LogP contribution in [0.25, 0.3) is 91.5 Å². The van der Waals surface area contributed by atoms with Crippen LogP contribution in [0.2, 0.25) is 0 Å². The Morgan fingerprint density at radius 1 is 0.339 bits per heavy atom. The van der Waals surface area contributed by atoms with Crippen LogP contribution in [-0.2, 0) is 0 Å². The molecule has 12 aromatic rings. The van der Waals surface area contributed by atoms with E-state index in [1.54, 1.807) is 0 Å². The summed E-state index contributed by atoms with van der Waals surface area (Å²) in [4.78, 5) is 2.41. The first-order valence-corrected chi connectivity index (χ1v) is 21.0. The topological polar surface area (TPSA) is 8.17 Å². The maximum atomic E-state index is 2.41. The Bertz CT molecular complexity index is 3520. The van der Waals surface area contributed by atoms with Crippen molar-refractivity contribution in [3.8, 4) is 27.9 Å². The van der Waals surface area contributed by atoms with Crippen LogP contribution < -0.4 is 4.90 Å². The van der Waals surface area contributed by atoms with Crippen molar-refractivity contribution in [1.82, 2.24) is 4.57 Å². The van der Waals surface area contributed by atoms with Crippen molar-refractivity contribution < 1.29 is 0 Å². The number of benzene rings is 10. The van der Waals surface area contributed by atoms with Crippen molar-refractivity contribution in [2.75, 3.05) is 4.90 Å². The van der Waals surface area contributed by atoms with Crippen LogP contribution in [0.4, 0.5) is 17.1 Å². The van der Waals surface area contributed by atoms with E-state index in [1.165, 1.54) is 85.8 Å². The molecule has 0 saturated heterocycles. The van der Waals surface area contributed by atoms with Gasteiger partial charge < -0.3 is 9.47 Å². The second-order valence-electron chi connectivity index (χ2n) is 15.3. The van der Waals surface area contributed by atoms with Crippen LogP contribution in [0.5, 0.6) is 0 Å². The number of para-hydroxylation sites is 2. The summed E-state index contributed by atoms with van der Waals surface area (Å²) in [5, 5.41) is 10.2. The predicted octanol–water partition coefficient (Wildman–Crippen LogP) is 16.3. The normalized spacial score (nSPS) is 11.7. The number of thiophene rings is 1. The molecule has 2 nitrogen and oxygen atoms in total. The van der Waals surface area contributed by atoms with Gasteiger partial charge in [0, 0.05) is 53.7 Å². The quantitative estimate of drug-likeness (QED) is 0.153. The molecule has 0 saturated carbocycles. The smallest absolute Gasteiger partial charge is 0.0541 e. The maximum absolute atomic E-state index is 2.41. The first-order valence-electron chi connectivity index (χ1n) is 20.2. The molecule has 3 heteroatoms. The van der Waals surface area contributed by atoms with E-state index < -0.39 is 0 Å². The molecule has 0 atom stereocenters. The van der Waals surface area contributed by atoms with Crippen molar-refractivity contribution in [2.45, 2.75) is 0 Å². The summed E-state index contributed by atoms with van der Waals surface area (Å²) in [6.45, 7) is 0. The van der Waals surface area contributed by atoms with Crippen LogP contribution >= 0.6 is 11.3 Å². The average Bonchev–Trinajstić information content (AvgIpc) is 3.86. The van der Waals surface area contributed by atoms with Gasteiger partial charge in [-0.2, -0.15) is 0 Å². The van der Waals surface area contributed by atoms with Gasteiger partial charge in [0.05, 0.1) is 11.0 Å². The molecule has 2 heterocycles. The molecular weight excluding hydrogens is 733 g/mol. The number of anilines is 3. The van der Waals surface area contributed by atoms with Crippen LogP contribution in [0.1, 0.15) is 0 Å². The highest BCUT2D eigenvalue weighted by Gasteiger charge is 2.19. The summed E-state index contributed by atoms with van der Waals surface area (Å²) in [6, 6.07) is 80.0. The number of nitrogens with zero attached hydrogens (tertiary/aromatic N) is 2. The Kier molecular flexibility index (Phi) is 7.75. The molecule has 276 valence electrons. The van der Waals surface area contributed by atoms with Crippen molar-refractivity contribution in [2.24, 2.45) is 0 Å². The first kappa shape index (κ1) is 33.7. The molecule has 0 N–H and O–H groups in total. The van der Waals surface area contributed by atoms with Gasteiger partial charge in [0.15, 0.2) is 0 Å². The van der Waals surface area contributed by atoms with E-state index in [0.29, 0.717) is 0 Å². The summed E-state index contributed by atoms with van der Waals surface area (Å²) < 4.78 is 5.03. The molecule has 0 amide bonds. The fourth-order valence-electron chi connectivity index (χ4n) is 9.33. The summed E-state index contributed by atoms with van der Waals surface area (Å²) >= 11 is 1.86. The molecule has 0 spiro atoms. The molecule has 59 heavy (non-hydrogen) atoms. The highest BCUT2D eigenvalue weighted by molar-refractivity contribution is 7.25. The van der Waals surface area contributed by atoms with Crippen LogP contribution in [0.3, 0.4) is 0 Å². The Hall–Kier alpha value is -7.46. The maximum Gasteiger partial charge on any atom is 0.0541 e. The van der Waals surface area contributed by atoms with E-state index in [9.17, 15) is 0 Å².